The molecule has 0 saturated carbocycles. The molecule has 1 aliphatic heterocycles. The lowest BCUT2D eigenvalue weighted by Gasteiger charge is -2.28. The molecule has 0 bridgehead atoms. The number of nitrogens with one attached hydrogen (secondary N) is 1. The topological polar surface area (TPSA) is 69.6 Å². The summed E-state index contributed by atoms with van der Waals surface area (Å²) < 4.78 is 0. The second-order valence-electron chi connectivity index (χ2n) is 4.55. The molecule has 2 amide bonds. The maximum absolute atomic E-state index is 11.6. The SMILES string of the molecule is CN1C(=O)CC(NC(C)(C)CCO)C1=O. The van der Waals surface area contributed by atoms with E-state index in [0.29, 0.717) is 6.42 Å². The first-order valence-electron chi connectivity index (χ1n) is 5.06. The molecule has 0 spiro atoms. The first-order valence-corrected chi connectivity index (χ1v) is 5.06. The van der Waals surface area contributed by atoms with E-state index in [1.165, 1.54) is 7.05 Å². The van der Waals surface area contributed by atoms with Crippen molar-refractivity contribution in [2.45, 2.75) is 38.3 Å². The minimum Gasteiger partial charge on any atom is -0.396 e. The van der Waals surface area contributed by atoms with Crippen molar-refractivity contribution in [3.05, 3.63) is 0 Å². The number of amides is 2. The number of nitrogens with zero attached hydrogens (tertiary/aromatic N) is 1. The minimum absolute atomic E-state index is 0.0602. The molecular weight excluding hydrogens is 196 g/mol. The van der Waals surface area contributed by atoms with Crippen molar-refractivity contribution in [2.24, 2.45) is 0 Å². The molecule has 1 rings (SSSR count). The van der Waals surface area contributed by atoms with Crippen LogP contribution < -0.4 is 5.32 Å². The van der Waals surface area contributed by atoms with Gasteiger partial charge < -0.3 is 10.4 Å². The molecule has 5 heteroatoms. The molecular formula is C10H18N2O3. The van der Waals surface area contributed by atoms with E-state index in [9.17, 15) is 9.59 Å². The molecule has 5 nitrogen and oxygen atoms in total. The van der Waals surface area contributed by atoms with Crippen molar-refractivity contribution in [1.29, 1.82) is 0 Å². The number of aliphatic hydroxyl groups excluding tert-OH is 1. The molecule has 86 valence electrons. The van der Waals surface area contributed by atoms with Gasteiger partial charge in [0, 0.05) is 19.2 Å². The van der Waals surface area contributed by atoms with Crippen LogP contribution in [0.2, 0.25) is 0 Å². The maximum atomic E-state index is 11.6. The molecule has 2 N–H and O–H groups in total. The largest absolute Gasteiger partial charge is 0.396 e. The third-order valence-corrected chi connectivity index (χ3v) is 2.68. The number of likely N-dealkylation sites (tertiary alicyclic amines) is 1. The number of imide groups is 1. The molecule has 15 heavy (non-hydrogen) atoms. The van der Waals surface area contributed by atoms with Crippen molar-refractivity contribution in [3.8, 4) is 0 Å². The molecule has 0 aliphatic carbocycles. The van der Waals surface area contributed by atoms with Crippen LogP contribution >= 0.6 is 0 Å². The highest BCUT2D eigenvalue weighted by atomic mass is 16.3. The van der Waals surface area contributed by atoms with Gasteiger partial charge in [0.2, 0.25) is 11.8 Å². The lowest BCUT2D eigenvalue weighted by Crippen LogP contribution is -2.49. The van der Waals surface area contributed by atoms with Crippen LogP contribution in [0.15, 0.2) is 0 Å². The normalized spacial score (nSPS) is 22.7. The Morgan fingerprint density at radius 3 is 2.53 bits per heavy atom. The fraction of sp³-hybridized carbons (Fsp3) is 0.800. The number of hydrogen-bond acceptors (Lipinski definition) is 4. The van der Waals surface area contributed by atoms with Crippen LogP contribution in [-0.4, -0.2) is 47.1 Å². The number of carbonyl (C=O) groups excluding carboxylic acids is 2. The summed E-state index contributed by atoms with van der Waals surface area (Å²) in [5, 5.41) is 11.9. The summed E-state index contributed by atoms with van der Waals surface area (Å²) in [6, 6.07) is -0.441. The van der Waals surface area contributed by atoms with E-state index >= 15 is 0 Å². The Kier molecular flexibility index (Phi) is 3.46. The van der Waals surface area contributed by atoms with E-state index in [1.807, 2.05) is 13.8 Å². The van der Waals surface area contributed by atoms with Gasteiger partial charge in [-0.15, -0.1) is 0 Å². The summed E-state index contributed by atoms with van der Waals surface area (Å²) in [5.74, 6) is -0.344. The molecule has 0 aromatic heterocycles. The van der Waals surface area contributed by atoms with E-state index < -0.39 is 6.04 Å². The van der Waals surface area contributed by atoms with Gasteiger partial charge in [0.25, 0.3) is 0 Å². The predicted molar refractivity (Wildman–Crippen MR) is 55.1 cm³/mol. The summed E-state index contributed by atoms with van der Waals surface area (Å²) in [6.07, 6.45) is 0.763. The second kappa shape index (κ2) is 4.28. The Balaban J connectivity index is 2.60. The third kappa shape index (κ3) is 2.76. The zero-order valence-corrected chi connectivity index (χ0v) is 9.41. The van der Waals surface area contributed by atoms with Gasteiger partial charge in [-0.1, -0.05) is 0 Å². The highest BCUT2D eigenvalue weighted by molar-refractivity contribution is 6.05. The minimum atomic E-state index is -0.441. The van der Waals surface area contributed by atoms with Crippen LogP contribution in [-0.2, 0) is 9.59 Å². The van der Waals surface area contributed by atoms with Crippen molar-refractivity contribution in [2.75, 3.05) is 13.7 Å². The van der Waals surface area contributed by atoms with Crippen LogP contribution in [0.1, 0.15) is 26.7 Å². The van der Waals surface area contributed by atoms with Gasteiger partial charge in [0.15, 0.2) is 0 Å². The fourth-order valence-corrected chi connectivity index (χ4v) is 1.69. The Labute approximate surface area is 89.4 Å². The number of likely N-dealkylation sites (N-methyl/N-ethyl adjacent to an activating group) is 1. The first-order chi connectivity index (χ1) is 6.87. The van der Waals surface area contributed by atoms with Gasteiger partial charge in [-0.05, 0) is 20.3 Å². The first kappa shape index (κ1) is 12.1. The molecule has 0 aromatic rings. The molecule has 1 aliphatic rings. The second-order valence-corrected chi connectivity index (χ2v) is 4.55. The Bertz CT molecular complexity index is 276. The molecule has 1 atom stereocenters. The standard InChI is InChI=1S/C10H18N2O3/c1-10(2,4-5-13)11-7-6-8(14)12(3)9(7)15/h7,11,13H,4-6H2,1-3H3. The van der Waals surface area contributed by atoms with E-state index in [2.05, 4.69) is 5.32 Å². The van der Waals surface area contributed by atoms with E-state index in [-0.39, 0.29) is 30.4 Å². The van der Waals surface area contributed by atoms with Crippen molar-refractivity contribution in [1.82, 2.24) is 10.2 Å². The van der Waals surface area contributed by atoms with Crippen LogP contribution in [0.4, 0.5) is 0 Å². The Hall–Kier alpha value is -0.940. The molecule has 1 unspecified atom stereocenters. The molecule has 0 radical (unpaired) electrons. The van der Waals surface area contributed by atoms with Gasteiger partial charge in [-0.3, -0.25) is 14.5 Å². The van der Waals surface area contributed by atoms with Gasteiger partial charge in [0.1, 0.15) is 0 Å². The summed E-state index contributed by atoms with van der Waals surface area (Å²) >= 11 is 0. The van der Waals surface area contributed by atoms with Crippen molar-refractivity contribution < 1.29 is 14.7 Å². The highest BCUT2D eigenvalue weighted by Gasteiger charge is 2.38. The van der Waals surface area contributed by atoms with E-state index in [4.69, 9.17) is 5.11 Å². The fourth-order valence-electron chi connectivity index (χ4n) is 1.69. The monoisotopic (exact) mass is 214 g/mol. The Morgan fingerprint density at radius 2 is 2.13 bits per heavy atom. The predicted octanol–water partition coefficient (Wildman–Crippen LogP) is -0.506. The zero-order valence-electron chi connectivity index (χ0n) is 9.41. The third-order valence-electron chi connectivity index (χ3n) is 2.68. The average molecular weight is 214 g/mol. The van der Waals surface area contributed by atoms with Gasteiger partial charge >= 0.3 is 0 Å². The van der Waals surface area contributed by atoms with Gasteiger partial charge in [-0.2, -0.15) is 0 Å². The van der Waals surface area contributed by atoms with Crippen LogP contribution in [0, 0.1) is 0 Å². The average Bonchev–Trinajstić information content (AvgIpc) is 2.33. The van der Waals surface area contributed by atoms with Crippen molar-refractivity contribution in [3.63, 3.8) is 0 Å². The summed E-state index contributed by atoms with van der Waals surface area (Å²) in [4.78, 5) is 24.0. The summed E-state index contributed by atoms with van der Waals surface area (Å²) in [5.41, 5.74) is -0.333. The summed E-state index contributed by atoms with van der Waals surface area (Å²) in [7, 11) is 1.49. The van der Waals surface area contributed by atoms with Crippen LogP contribution in [0.25, 0.3) is 0 Å². The van der Waals surface area contributed by atoms with Gasteiger partial charge in [0.05, 0.1) is 12.5 Å². The van der Waals surface area contributed by atoms with Crippen LogP contribution in [0.3, 0.4) is 0 Å². The van der Waals surface area contributed by atoms with Crippen molar-refractivity contribution >= 4 is 11.8 Å². The van der Waals surface area contributed by atoms with Crippen LogP contribution in [0.5, 0.6) is 0 Å². The number of aliphatic hydroxyl groups is 1. The Morgan fingerprint density at radius 1 is 1.53 bits per heavy atom. The van der Waals surface area contributed by atoms with E-state index in [1.54, 1.807) is 0 Å². The summed E-state index contributed by atoms with van der Waals surface area (Å²) in [6.45, 7) is 3.86. The number of rotatable bonds is 4. The quantitative estimate of drug-likeness (QED) is 0.619. The lowest BCUT2D eigenvalue weighted by molar-refractivity contribution is -0.137. The van der Waals surface area contributed by atoms with E-state index in [0.717, 1.165) is 4.90 Å². The zero-order chi connectivity index (χ0) is 11.6. The molecule has 1 heterocycles. The molecule has 1 fully saturated rings. The molecule has 1 saturated heterocycles. The van der Waals surface area contributed by atoms with Gasteiger partial charge in [-0.25, -0.2) is 0 Å². The molecule has 0 aromatic carbocycles. The number of carbonyl (C=O) groups is 2. The highest BCUT2D eigenvalue weighted by Crippen LogP contribution is 2.16. The smallest absolute Gasteiger partial charge is 0.246 e. The lowest BCUT2D eigenvalue weighted by atomic mass is 9.99. The maximum Gasteiger partial charge on any atom is 0.246 e. The number of hydrogen-bond donors (Lipinski definition) is 2.